The molecule has 136 valence electrons. The number of ether oxygens (including phenoxy) is 1. The number of rotatable bonds is 5. The van der Waals surface area contributed by atoms with Crippen molar-refractivity contribution < 1.29 is 17.6 Å². The molecule has 1 fully saturated rings. The summed E-state index contributed by atoms with van der Waals surface area (Å²) in [6.07, 6.45) is 1.85. The fourth-order valence-electron chi connectivity index (χ4n) is 3.00. The van der Waals surface area contributed by atoms with Crippen molar-refractivity contribution in [1.82, 2.24) is 19.7 Å². The van der Waals surface area contributed by atoms with Gasteiger partial charge in [-0.3, -0.25) is 0 Å². The molecule has 1 atom stereocenters. The molecule has 1 aliphatic heterocycles. The molecule has 0 radical (unpaired) electrons. The monoisotopic (exact) mass is 374 g/mol. The molecule has 0 N–H and O–H groups in total. The van der Waals surface area contributed by atoms with Gasteiger partial charge in [0.2, 0.25) is 0 Å². The molecule has 8 nitrogen and oxygen atoms in total. The number of hydrogen-bond acceptors (Lipinski definition) is 7. The summed E-state index contributed by atoms with van der Waals surface area (Å²) in [7, 11) is -3.05. The van der Waals surface area contributed by atoms with Gasteiger partial charge >= 0.3 is 0 Å². The molecule has 1 aliphatic rings. The molecule has 0 spiro atoms. The minimum Gasteiger partial charge on any atom is -0.486 e. The first-order valence-electron chi connectivity index (χ1n) is 8.26. The lowest BCUT2D eigenvalue weighted by atomic mass is 10.2. The van der Waals surface area contributed by atoms with Gasteiger partial charge in [-0.05, 0) is 25.5 Å². The van der Waals surface area contributed by atoms with E-state index < -0.39 is 9.84 Å². The fourth-order valence-corrected chi connectivity index (χ4v) is 4.69. The third kappa shape index (κ3) is 3.34. The van der Waals surface area contributed by atoms with E-state index in [4.69, 9.17) is 9.15 Å². The lowest BCUT2D eigenvalue weighted by molar-refractivity contribution is 0.294. The van der Waals surface area contributed by atoms with Crippen LogP contribution in [0.5, 0.6) is 5.75 Å². The third-order valence-corrected chi connectivity index (χ3v) is 6.05. The van der Waals surface area contributed by atoms with Gasteiger partial charge in [0.25, 0.3) is 0 Å². The second-order valence-corrected chi connectivity index (χ2v) is 8.44. The Kier molecular flexibility index (Phi) is 4.23. The van der Waals surface area contributed by atoms with Crippen LogP contribution in [-0.2, 0) is 16.4 Å². The number of sulfone groups is 1. The van der Waals surface area contributed by atoms with Gasteiger partial charge in [0.15, 0.2) is 27.9 Å². The minimum atomic E-state index is -3.05. The summed E-state index contributed by atoms with van der Waals surface area (Å²) in [5, 5.41) is 4.50. The van der Waals surface area contributed by atoms with E-state index in [0.717, 1.165) is 0 Å². The third-order valence-electron chi connectivity index (χ3n) is 4.30. The van der Waals surface area contributed by atoms with Crippen LogP contribution >= 0.6 is 0 Å². The summed E-state index contributed by atoms with van der Waals surface area (Å²) in [5.74, 6) is 2.51. The first-order chi connectivity index (χ1) is 12.5. The zero-order valence-electron chi connectivity index (χ0n) is 14.2. The van der Waals surface area contributed by atoms with E-state index in [1.54, 1.807) is 11.6 Å². The van der Waals surface area contributed by atoms with Crippen LogP contribution in [0.1, 0.15) is 24.0 Å². The van der Waals surface area contributed by atoms with Gasteiger partial charge in [-0.15, -0.1) is 0 Å². The zero-order chi connectivity index (χ0) is 18.1. The van der Waals surface area contributed by atoms with Gasteiger partial charge in [0, 0.05) is 0 Å². The van der Waals surface area contributed by atoms with E-state index in [9.17, 15) is 8.42 Å². The van der Waals surface area contributed by atoms with Crippen LogP contribution in [0.2, 0.25) is 0 Å². The van der Waals surface area contributed by atoms with Crippen molar-refractivity contribution in [3.05, 3.63) is 48.3 Å². The van der Waals surface area contributed by atoms with Crippen LogP contribution in [0, 0.1) is 6.92 Å². The van der Waals surface area contributed by atoms with Gasteiger partial charge in [0.1, 0.15) is 23.8 Å². The molecule has 2 aromatic heterocycles. The second-order valence-electron chi connectivity index (χ2n) is 6.21. The highest BCUT2D eigenvalue weighted by molar-refractivity contribution is 7.91. The Labute approximate surface area is 150 Å². The van der Waals surface area contributed by atoms with Crippen molar-refractivity contribution in [2.45, 2.75) is 26.0 Å². The van der Waals surface area contributed by atoms with E-state index in [2.05, 4.69) is 15.1 Å². The molecular formula is C17H18N4O4S. The Bertz CT molecular complexity index is 1010. The predicted molar refractivity (Wildman–Crippen MR) is 93.3 cm³/mol. The van der Waals surface area contributed by atoms with E-state index in [-0.39, 0.29) is 24.2 Å². The van der Waals surface area contributed by atoms with Crippen LogP contribution in [0.4, 0.5) is 0 Å². The topological polar surface area (TPSA) is 100 Å². The molecule has 3 aromatic rings. The molecule has 1 unspecified atom stereocenters. The van der Waals surface area contributed by atoms with Gasteiger partial charge in [-0.2, -0.15) is 5.10 Å². The number of aromatic nitrogens is 4. The average Bonchev–Trinajstić information content (AvgIpc) is 3.32. The first kappa shape index (κ1) is 16.8. The Morgan fingerprint density at radius 2 is 2.12 bits per heavy atom. The summed E-state index contributed by atoms with van der Waals surface area (Å²) in [5.41, 5.74) is 0.563. The van der Waals surface area contributed by atoms with Crippen molar-refractivity contribution in [1.29, 1.82) is 0 Å². The highest BCUT2D eigenvalue weighted by Crippen LogP contribution is 2.29. The van der Waals surface area contributed by atoms with E-state index in [0.29, 0.717) is 35.3 Å². The molecule has 0 amide bonds. The maximum Gasteiger partial charge on any atom is 0.188 e. The second kappa shape index (κ2) is 6.56. The van der Waals surface area contributed by atoms with Crippen molar-refractivity contribution in [2.75, 3.05) is 11.5 Å². The van der Waals surface area contributed by atoms with Gasteiger partial charge in [-0.1, -0.05) is 18.2 Å². The van der Waals surface area contributed by atoms with E-state index in [1.165, 1.54) is 6.39 Å². The van der Waals surface area contributed by atoms with Crippen LogP contribution in [0.15, 0.2) is 41.1 Å². The predicted octanol–water partition coefficient (Wildman–Crippen LogP) is 2.18. The minimum absolute atomic E-state index is 0.0548. The summed E-state index contributed by atoms with van der Waals surface area (Å²) in [6, 6.07) is 9.12. The number of aryl methyl sites for hydroxylation is 1. The summed E-state index contributed by atoms with van der Waals surface area (Å²) < 4.78 is 36.4. The van der Waals surface area contributed by atoms with E-state index in [1.807, 2.05) is 30.3 Å². The lowest BCUT2D eigenvalue weighted by Gasteiger charge is -2.10. The number of nitrogens with zero attached hydrogens (tertiary/aromatic N) is 4. The number of oxazole rings is 1. The van der Waals surface area contributed by atoms with Crippen molar-refractivity contribution in [3.8, 4) is 17.3 Å². The zero-order valence-corrected chi connectivity index (χ0v) is 15.0. The van der Waals surface area contributed by atoms with Gasteiger partial charge in [0.05, 0.1) is 17.5 Å². The Morgan fingerprint density at radius 1 is 1.31 bits per heavy atom. The quantitative estimate of drug-likeness (QED) is 0.675. The maximum atomic E-state index is 11.9. The SMILES string of the molecule is Cc1ocnc1-c1nc(COc2ccccc2)nn1C1CCS(=O)(=O)C1. The number of benzene rings is 1. The molecule has 3 heterocycles. The molecule has 1 aromatic carbocycles. The van der Waals surface area contributed by atoms with Crippen LogP contribution in [0.3, 0.4) is 0 Å². The van der Waals surface area contributed by atoms with Crippen molar-refractivity contribution >= 4 is 9.84 Å². The molecular weight excluding hydrogens is 356 g/mol. The summed E-state index contributed by atoms with van der Waals surface area (Å²) in [6.45, 7) is 1.97. The summed E-state index contributed by atoms with van der Waals surface area (Å²) >= 11 is 0. The van der Waals surface area contributed by atoms with Gasteiger partial charge in [-0.25, -0.2) is 23.1 Å². The van der Waals surface area contributed by atoms with Crippen LogP contribution in [-0.4, -0.2) is 39.7 Å². The molecule has 0 saturated carbocycles. The highest BCUT2D eigenvalue weighted by Gasteiger charge is 2.33. The highest BCUT2D eigenvalue weighted by atomic mass is 32.2. The largest absolute Gasteiger partial charge is 0.486 e. The first-order valence-corrected chi connectivity index (χ1v) is 10.1. The molecule has 1 saturated heterocycles. The van der Waals surface area contributed by atoms with Crippen molar-refractivity contribution in [3.63, 3.8) is 0 Å². The smallest absolute Gasteiger partial charge is 0.188 e. The normalized spacial score (nSPS) is 18.9. The fraction of sp³-hybridized carbons (Fsp3) is 0.353. The average molecular weight is 374 g/mol. The number of hydrogen-bond donors (Lipinski definition) is 0. The Hall–Kier alpha value is -2.68. The van der Waals surface area contributed by atoms with Crippen LogP contribution in [0.25, 0.3) is 11.5 Å². The summed E-state index contributed by atoms with van der Waals surface area (Å²) in [4.78, 5) is 8.74. The van der Waals surface area contributed by atoms with Gasteiger partial charge < -0.3 is 9.15 Å². The molecule has 0 aliphatic carbocycles. The van der Waals surface area contributed by atoms with Crippen LogP contribution < -0.4 is 4.74 Å². The Morgan fingerprint density at radius 3 is 2.77 bits per heavy atom. The molecule has 26 heavy (non-hydrogen) atoms. The maximum absolute atomic E-state index is 11.9. The van der Waals surface area contributed by atoms with E-state index >= 15 is 0 Å². The Balaban J connectivity index is 1.65. The molecule has 9 heteroatoms. The molecule has 4 rings (SSSR count). The standard InChI is InChI=1S/C17H18N4O4S/c1-12-16(18-11-25-12)17-19-15(9-24-14-5-3-2-4-6-14)20-21(17)13-7-8-26(22,23)10-13/h2-6,11,13H,7-10H2,1H3. The van der Waals surface area contributed by atoms with Crippen molar-refractivity contribution in [2.24, 2.45) is 0 Å². The lowest BCUT2D eigenvalue weighted by Crippen LogP contribution is -2.14. The number of para-hydroxylation sites is 1. The molecule has 0 bridgehead atoms.